The first-order chi connectivity index (χ1) is 13.6. The molecule has 164 valence electrons. The van der Waals surface area contributed by atoms with Crippen LogP contribution in [0.4, 0.5) is 0 Å². The fourth-order valence-electron chi connectivity index (χ4n) is 5.04. The van der Waals surface area contributed by atoms with E-state index in [-0.39, 0.29) is 18.0 Å². The van der Waals surface area contributed by atoms with E-state index in [0.29, 0.717) is 24.5 Å². The maximum absolute atomic E-state index is 12.6. The highest BCUT2D eigenvalue weighted by Crippen LogP contribution is 2.62. The minimum atomic E-state index is -0.0298. The van der Waals surface area contributed by atoms with Crippen LogP contribution < -0.4 is 0 Å². The average Bonchev–Trinajstić information content (AvgIpc) is 3.34. The summed E-state index contributed by atoms with van der Waals surface area (Å²) in [6, 6.07) is 0. The van der Waals surface area contributed by atoms with Gasteiger partial charge in [0.2, 0.25) is 0 Å². The molecule has 0 spiro atoms. The van der Waals surface area contributed by atoms with Crippen LogP contribution in [0.3, 0.4) is 0 Å². The summed E-state index contributed by atoms with van der Waals surface area (Å²) in [6.07, 6.45) is 19.3. The maximum atomic E-state index is 12.6. The molecule has 28 heavy (non-hydrogen) atoms. The van der Waals surface area contributed by atoms with E-state index in [1.54, 1.807) is 0 Å². The van der Waals surface area contributed by atoms with E-state index >= 15 is 0 Å². The van der Waals surface area contributed by atoms with Gasteiger partial charge < -0.3 is 9.47 Å². The summed E-state index contributed by atoms with van der Waals surface area (Å²) in [5.41, 5.74) is 0.437. The van der Waals surface area contributed by atoms with Crippen LogP contribution in [-0.4, -0.2) is 25.3 Å². The third-order valence-corrected chi connectivity index (χ3v) is 7.12. The molecular weight excluding hydrogens is 348 g/mol. The summed E-state index contributed by atoms with van der Waals surface area (Å²) in [5.74, 6) is 0.682. The normalized spacial score (nSPS) is 28.8. The van der Waals surface area contributed by atoms with E-state index < -0.39 is 0 Å². The standard InChI is InChI=1S/C25H46O3/c1-4-6-7-8-9-10-11-12-13-14-15-16-17-28-24(26)22-18-21-19-25(21,3)20-23(22)27-5-2/h21-23H,4-20H2,1-3H3. The Kier molecular flexibility index (Phi) is 10.9. The largest absolute Gasteiger partial charge is 0.465 e. The van der Waals surface area contributed by atoms with Crippen molar-refractivity contribution in [3.63, 3.8) is 0 Å². The highest BCUT2D eigenvalue weighted by Gasteiger charge is 2.58. The van der Waals surface area contributed by atoms with Gasteiger partial charge in [0.15, 0.2) is 0 Å². The summed E-state index contributed by atoms with van der Waals surface area (Å²) in [4.78, 5) is 12.6. The van der Waals surface area contributed by atoms with Crippen LogP contribution >= 0.6 is 0 Å². The predicted octanol–water partition coefficient (Wildman–Crippen LogP) is 7.07. The second kappa shape index (κ2) is 12.9. The van der Waals surface area contributed by atoms with Gasteiger partial charge in [-0.15, -0.1) is 0 Å². The zero-order valence-corrected chi connectivity index (χ0v) is 19.0. The number of hydrogen-bond donors (Lipinski definition) is 0. The quantitative estimate of drug-likeness (QED) is 0.207. The van der Waals surface area contributed by atoms with Crippen molar-refractivity contribution in [1.82, 2.24) is 0 Å². The van der Waals surface area contributed by atoms with Crippen molar-refractivity contribution in [1.29, 1.82) is 0 Å². The summed E-state index contributed by atoms with van der Waals surface area (Å²) in [7, 11) is 0. The van der Waals surface area contributed by atoms with E-state index in [0.717, 1.165) is 19.3 Å². The van der Waals surface area contributed by atoms with Crippen molar-refractivity contribution in [2.45, 2.75) is 123 Å². The van der Waals surface area contributed by atoms with Crippen LogP contribution in [0.1, 0.15) is 117 Å². The molecular formula is C25H46O3. The van der Waals surface area contributed by atoms with Gasteiger partial charge in [-0.1, -0.05) is 84.5 Å². The molecule has 0 heterocycles. The van der Waals surface area contributed by atoms with Crippen molar-refractivity contribution in [3.05, 3.63) is 0 Å². The second-order valence-electron chi connectivity index (χ2n) is 9.65. The van der Waals surface area contributed by atoms with E-state index in [1.807, 2.05) is 6.92 Å². The fourth-order valence-corrected chi connectivity index (χ4v) is 5.04. The third kappa shape index (κ3) is 8.05. The van der Waals surface area contributed by atoms with Crippen LogP contribution in [0, 0.1) is 17.3 Å². The van der Waals surface area contributed by atoms with E-state index in [4.69, 9.17) is 9.47 Å². The molecule has 2 rings (SSSR count). The first-order valence-electron chi connectivity index (χ1n) is 12.4. The Labute approximate surface area is 174 Å². The number of unbranched alkanes of at least 4 members (excludes halogenated alkanes) is 11. The van der Waals surface area contributed by atoms with Crippen molar-refractivity contribution < 1.29 is 14.3 Å². The molecule has 0 saturated heterocycles. The average molecular weight is 395 g/mol. The molecule has 0 amide bonds. The summed E-state index contributed by atoms with van der Waals surface area (Å²) in [5, 5.41) is 0. The van der Waals surface area contributed by atoms with Crippen LogP contribution in [-0.2, 0) is 14.3 Å². The van der Waals surface area contributed by atoms with Crippen molar-refractivity contribution in [2.75, 3.05) is 13.2 Å². The van der Waals surface area contributed by atoms with Gasteiger partial charge in [0.1, 0.15) is 0 Å². The summed E-state index contributed by atoms with van der Waals surface area (Å²) >= 11 is 0. The smallest absolute Gasteiger partial charge is 0.311 e. The van der Waals surface area contributed by atoms with Gasteiger partial charge in [-0.05, 0) is 43.9 Å². The molecule has 0 aliphatic heterocycles. The Morgan fingerprint density at radius 2 is 1.43 bits per heavy atom. The van der Waals surface area contributed by atoms with E-state index in [9.17, 15) is 4.79 Å². The van der Waals surface area contributed by atoms with Gasteiger partial charge in [-0.25, -0.2) is 0 Å². The van der Waals surface area contributed by atoms with Crippen LogP contribution in [0.2, 0.25) is 0 Å². The topological polar surface area (TPSA) is 35.5 Å². The number of carbonyl (C=O) groups excluding carboxylic acids is 1. The Bertz CT molecular complexity index is 436. The maximum Gasteiger partial charge on any atom is 0.311 e. The molecule has 2 aliphatic rings. The van der Waals surface area contributed by atoms with E-state index in [2.05, 4.69) is 13.8 Å². The Morgan fingerprint density at radius 3 is 2.00 bits per heavy atom. The van der Waals surface area contributed by atoms with Gasteiger partial charge in [-0.2, -0.15) is 0 Å². The van der Waals surface area contributed by atoms with Gasteiger partial charge in [0, 0.05) is 6.61 Å². The fraction of sp³-hybridized carbons (Fsp3) is 0.960. The van der Waals surface area contributed by atoms with Gasteiger partial charge in [0.25, 0.3) is 0 Å². The lowest BCUT2D eigenvalue weighted by Gasteiger charge is -2.32. The molecule has 2 saturated carbocycles. The lowest BCUT2D eigenvalue weighted by Crippen LogP contribution is -2.38. The first-order valence-corrected chi connectivity index (χ1v) is 12.4. The highest BCUT2D eigenvalue weighted by atomic mass is 16.5. The first kappa shape index (κ1) is 23.7. The van der Waals surface area contributed by atoms with Gasteiger partial charge in [-0.3, -0.25) is 4.79 Å². The number of rotatable bonds is 16. The monoisotopic (exact) mass is 394 g/mol. The summed E-state index contributed by atoms with van der Waals surface area (Å²) < 4.78 is 11.5. The molecule has 3 nitrogen and oxygen atoms in total. The molecule has 4 unspecified atom stereocenters. The van der Waals surface area contributed by atoms with Gasteiger partial charge in [0.05, 0.1) is 18.6 Å². The zero-order valence-electron chi connectivity index (χ0n) is 19.0. The third-order valence-electron chi connectivity index (χ3n) is 7.12. The number of ether oxygens (including phenoxy) is 2. The molecule has 0 bridgehead atoms. The molecule has 4 atom stereocenters. The molecule has 0 N–H and O–H groups in total. The molecule has 0 aromatic heterocycles. The lowest BCUT2D eigenvalue weighted by atomic mass is 9.80. The number of fused-ring (bicyclic) bond motifs is 1. The summed E-state index contributed by atoms with van der Waals surface area (Å²) in [6.45, 7) is 7.92. The minimum absolute atomic E-state index is 0.00419. The van der Waals surface area contributed by atoms with Gasteiger partial charge >= 0.3 is 5.97 Å². The van der Waals surface area contributed by atoms with Crippen LogP contribution in [0.5, 0.6) is 0 Å². The van der Waals surface area contributed by atoms with Crippen molar-refractivity contribution >= 4 is 5.97 Å². The predicted molar refractivity (Wildman–Crippen MR) is 116 cm³/mol. The molecule has 3 heteroatoms. The second-order valence-corrected chi connectivity index (χ2v) is 9.65. The number of esters is 1. The Balaban J connectivity index is 1.44. The molecule has 2 fully saturated rings. The highest BCUT2D eigenvalue weighted by molar-refractivity contribution is 5.73. The molecule has 0 aromatic rings. The molecule has 0 aromatic carbocycles. The SMILES string of the molecule is CCCCCCCCCCCCCCOC(=O)C1CC2CC2(C)CC1OCC. The van der Waals surface area contributed by atoms with Crippen LogP contribution in [0.25, 0.3) is 0 Å². The molecule has 2 aliphatic carbocycles. The Hall–Kier alpha value is -0.570. The van der Waals surface area contributed by atoms with Crippen molar-refractivity contribution in [3.8, 4) is 0 Å². The molecule has 0 radical (unpaired) electrons. The van der Waals surface area contributed by atoms with Crippen molar-refractivity contribution in [2.24, 2.45) is 17.3 Å². The Morgan fingerprint density at radius 1 is 0.857 bits per heavy atom. The number of carbonyl (C=O) groups is 1. The zero-order chi connectivity index (χ0) is 20.2. The lowest BCUT2D eigenvalue weighted by molar-refractivity contribution is -0.157. The minimum Gasteiger partial charge on any atom is -0.465 e. The number of hydrogen-bond acceptors (Lipinski definition) is 3. The van der Waals surface area contributed by atoms with Crippen LogP contribution in [0.15, 0.2) is 0 Å². The van der Waals surface area contributed by atoms with E-state index in [1.165, 1.54) is 77.0 Å².